The fourth-order valence-corrected chi connectivity index (χ4v) is 3.31. The second-order valence-electron chi connectivity index (χ2n) is 6.56. The van der Waals surface area contributed by atoms with Crippen molar-refractivity contribution in [2.75, 3.05) is 7.11 Å². The molecule has 1 amide bonds. The van der Waals surface area contributed by atoms with Crippen LogP contribution in [0, 0.1) is 0 Å². The number of nitrogens with one attached hydrogen (secondary N) is 1. The lowest BCUT2D eigenvalue weighted by Crippen LogP contribution is -2.28. The van der Waals surface area contributed by atoms with Gasteiger partial charge in [-0.3, -0.25) is 4.79 Å². The van der Waals surface area contributed by atoms with Crippen LogP contribution in [0.4, 0.5) is 0 Å². The highest BCUT2D eigenvalue weighted by Crippen LogP contribution is 2.30. The van der Waals surface area contributed by atoms with Crippen molar-refractivity contribution in [2.45, 2.75) is 25.9 Å². The number of hydrogen-bond acceptors (Lipinski definition) is 6. The van der Waals surface area contributed by atoms with Crippen molar-refractivity contribution in [2.24, 2.45) is 4.99 Å². The van der Waals surface area contributed by atoms with E-state index in [4.69, 9.17) is 9.15 Å². The molecule has 0 radical (unpaired) electrons. The number of rotatable bonds is 5. The van der Waals surface area contributed by atoms with E-state index < -0.39 is 0 Å². The third-order valence-electron chi connectivity index (χ3n) is 4.64. The zero-order valence-electron chi connectivity index (χ0n) is 15.7. The topological polar surface area (TPSA) is 89.6 Å². The number of benzene rings is 1. The molecule has 0 saturated heterocycles. The number of oxazole rings is 1. The van der Waals surface area contributed by atoms with Gasteiger partial charge in [0.05, 0.1) is 43.6 Å². The molecule has 0 spiro atoms. The Bertz CT molecular complexity index is 1010. The summed E-state index contributed by atoms with van der Waals surface area (Å²) in [6.07, 6.45) is 3.10. The Labute approximate surface area is 162 Å². The predicted molar refractivity (Wildman–Crippen MR) is 104 cm³/mol. The molecule has 1 aliphatic rings. The smallest absolute Gasteiger partial charge is 0.226 e. The van der Waals surface area contributed by atoms with Crippen LogP contribution < -0.4 is 5.32 Å². The van der Waals surface area contributed by atoms with E-state index in [-0.39, 0.29) is 18.4 Å². The van der Waals surface area contributed by atoms with Gasteiger partial charge in [-0.2, -0.15) is 0 Å². The van der Waals surface area contributed by atoms with Crippen molar-refractivity contribution in [3.8, 4) is 11.5 Å². The number of pyridine rings is 1. The fraction of sp³-hybridized carbons (Fsp3) is 0.238. The van der Waals surface area contributed by atoms with Gasteiger partial charge in [-0.1, -0.05) is 30.3 Å². The maximum atomic E-state index is 12.6. The average molecular weight is 376 g/mol. The summed E-state index contributed by atoms with van der Waals surface area (Å²) in [5, 5.41) is 3.02. The van der Waals surface area contributed by atoms with Crippen molar-refractivity contribution >= 4 is 11.8 Å². The Kier molecular flexibility index (Phi) is 4.89. The van der Waals surface area contributed by atoms with Crippen molar-refractivity contribution in [3.63, 3.8) is 0 Å². The Hall–Kier alpha value is -3.48. The lowest BCUT2D eigenvalue weighted by Gasteiger charge is -2.15. The van der Waals surface area contributed by atoms with Crippen LogP contribution in [-0.2, 0) is 22.5 Å². The van der Waals surface area contributed by atoms with Gasteiger partial charge in [0.15, 0.2) is 12.2 Å². The van der Waals surface area contributed by atoms with Gasteiger partial charge < -0.3 is 14.5 Å². The minimum Gasteiger partial charge on any atom is -0.481 e. The van der Waals surface area contributed by atoms with Gasteiger partial charge in [0.1, 0.15) is 5.69 Å². The molecule has 7 heteroatoms. The van der Waals surface area contributed by atoms with Crippen LogP contribution in [0.2, 0.25) is 0 Å². The Morgan fingerprint density at radius 1 is 1.32 bits per heavy atom. The fourth-order valence-electron chi connectivity index (χ4n) is 3.31. The molecule has 3 heterocycles. The van der Waals surface area contributed by atoms with Gasteiger partial charge in [-0.25, -0.2) is 15.0 Å². The van der Waals surface area contributed by atoms with Crippen LogP contribution in [0.1, 0.15) is 35.3 Å². The third kappa shape index (κ3) is 3.51. The van der Waals surface area contributed by atoms with E-state index in [9.17, 15) is 4.79 Å². The van der Waals surface area contributed by atoms with Gasteiger partial charge in [0.2, 0.25) is 11.8 Å². The summed E-state index contributed by atoms with van der Waals surface area (Å²) in [4.78, 5) is 25.6. The third-order valence-corrected chi connectivity index (χ3v) is 4.64. The van der Waals surface area contributed by atoms with Crippen LogP contribution in [-0.4, -0.2) is 28.9 Å². The zero-order valence-corrected chi connectivity index (χ0v) is 15.7. The minimum atomic E-state index is -0.0989. The van der Waals surface area contributed by atoms with Gasteiger partial charge in [-0.15, -0.1) is 0 Å². The molecule has 2 aromatic heterocycles. The molecule has 1 atom stereocenters. The van der Waals surface area contributed by atoms with Gasteiger partial charge in [0, 0.05) is 0 Å². The van der Waals surface area contributed by atoms with E-state index >= 15 is 0 Å². The second kappa shape index (κ2) is 7.64. The Morgan fingerprint density at radius 3 is 2.86 bits per heavy atom. The summed E-state index contributed by atoms with van der Waals surface area (Å²) in [6.45, 7) is 2.44. The number of ether oxygens (including phenoxy) is 1. The lowest BCUT2D eigenvalue weighted by atomic mass is 10.0. The Balaban J connectivity index is 1.58. The highest BCUT2D eigenvalue weighted by molar-refractivity contribution is 6.02. The number of carbonyl (C=O) groups is 1. The van der Waals surface area contributed by atoms with Gasteiger partial charge in [0.25, 0.3) is 0 Å². The van der Waals surface area contributed by atoms with E-state index in [1.165, 1.54) is 6.39 Å². The molecule has 1 N–H and O–H groups in total. The molecular weight excluding hydrogens is 356 g/mol. The molecule has 0 aliphatic carbocycles. The standard InChI is InChI=1S/C21H20N4O3/c1-13(14-6-4-3-5-7-14)24-18(26)9-16-8-15-10-23-21(27-2)19(15)20(25-16)17-11-22-12-28-17/h3-8,11-13H,9-10H2,1-2H3,(H,24,26)/t13-/m1/s1. The zero-order chi connectivity index (χ0) is 19.5. The SMILES string of the molecule is COC1=NCc2cc(CC(=O)N[C@H](C)c3ccccc3)nc(-c3cnco3)c21. The molecule has 7 nitrogen and oxygen atoms in total. The van der Waals surface area contributed by atoms with Crippen LogP contribution in [0.5, 0.6) is 0 Å². The van der Waals surface area contributed by atoms with Crippen LogP contribution >= 0.6 is 0 Å². The molecule has 1 aliphatic heterocycles. The average Bonchev–Trinajstić information content (AvgIpc) is 3.37. The first-order valence-corrected chi connectivity index (χ1v) is 9.00. The normalized spacial score (nSPS) is 13.6. The van der Waals surface area contributed by atoms with E-state index in [1.807, 2.05) is 43.3 Å². The number of nitrogens with zero attached hydrogens (tertiary/aromatic N) is 3. The number of aromatic nitrogens is 2. The molecule has 28 heavy (non-hydrogen) atoms. The highest BCUT2D eigenvalue weighted by atomic mass is 16.5. The molecule has 0 saturated carbocycles. The highest BCUT2D eigenvalue weighted by Gasteiger charge is 2.26. The number of carbonyl (C=O) groups excluding carboxylic acids is 1. The molecule has 0 bridgehead atoms. The van der Waals surface area contributed by atoms with Gasteiger partial charge >= 0.3 is 0 Å². The lowest BCUT2D eigenvalue weighted by molar-refractivity contribution is -0.121. The van der Waals surface area contributed by atoms with Gasteiger partial charge in [-0.05, 0) is 24.1 Å². The largest absolute Gasteiger partial charge is 0.481 e. The maximum absolute atomic E-state index is 12.6. The second-order valence-corrected chi connectivity index (χ2v) is 6.56. The number of fused-ring (bicyclic) bond motifs is 1. The molecule has 0 fully saturated rings. The van der Waals surface area contributed by atoms with Crippen LogP contribution in [0.15, 0.2) is 58.4 Å². The molecule has 3 aromatic rings. The van der Waals surface area contributed by atoms with E-state index in [1.54, 1.807) is 13.3 Å². The van der Waals surface area contributed by atoms with Crippen LogP contribution in [0.3, 0.4) is 0 Å². The number of aliphatic imine (C=N–C) groups is 1. The summed E-state index contributed by atoms with van der Waals surface area (Å²) >= 11 is 0. The quantitative estimate of drug-likeness (QED) is 0.739. The summed E-state index contributed by atoms with van der Waals surface area (Å²) in [5.74, 6) is 0.934. The summed E-state index contributed by atoms with van der Waals surface area (Å²) < 4.78 is 10.8. The molecule has 142 valence electrons. The molecular formula is C21H20N4O3. The van der Waals surface area contributed by atoms with Crippen LogP contribution in [0.25, 0.3) is 11.5 Å². The Morgan fingerprint density at radius 2 is 2.14 bits per heavy atom. The predicted octanol–water partition coefficient (Wildman–Crippen LogP) is 3.06. The summed E-state index contributed by atoms with van der Waals surface area (Å²) in [6, 6.07) is 11.7. The van der Waals surface area contributed by atoms with E-state index in [2.05, 4.69) is 20.3 Å². The van der Waals surface area contributed by atoms with E-state index in [0.29, 0.717) is 29.6 Å². The van der Waals surface area contributed by atoms with Crippen molar-refractivity contribution in [3.05, 3.63) is 71.4 Å². The first-order valence-electron chi connectivity index (χ1n) is 9.00. The molecule has 0 unspecified atom stereocenters. The van der Waals surface area contributed by atoms with E-state index in [0.717, 1.165) is 16.7 Å². The van der Waals surface area contributed by atoms with Crippen molar-refractivity contribution in [1.29, 1.82) is 0 Å². The summed E-state index contributed by atoms with van der Waals surface area (Å²) in [5.41, 5.74) is 4.04. The number of methoxy groups -OCH3 is 1. The molecule has 1 aromatic carbocycles. The molecule has 4 rings (SSSR count). The monoisotopic (exact) mass is 376 g/mol. The maximum Gasteiger partial charge on any atom is 0.226 e. The minimum absolute atomic E-state index is 0.0831. The number of hydrogen-bond donors (Lipinski definition) is 1. The summed E-state index contributed by atoms with van der Waals surface area (Å²) in [7, 11) is 1.57. The first-order chi connectivity index (χ1) is 13.7. The first kappa shape index (κ1) is 17.9. The van der Waals surface area contributed by atoms with Crippen molar-refractivity contribution in [1.82, 2.24) is 15.3 Å². The van der Waals surface area contributed by atoms with Crippen molar-refractivity contribution < 1.29 is 13.9 Å². The number of amides is 1.